The average Bonchev–Trinajstić information content (AvgIpc) is 1.38. The van der Waals surface area contributed by atoms with E-state index in [0.29, 0.717) is 0 Å². The van der Waals surface area contributed by atoms with Crippen LogP contribution in [0.15, 0.2) is 10.0 Å². The predicted molar refractivity (Wildman–Crippen MR) is 47.4 cm³/mol. The first kappa shape index (κ1) is 22.7. The lowest BCUT2D eigenvalue weighted by Gasteiger charge is -1.64. The van der Waals surface area contributed by atoms with E-state index in [1.807, 2.05) is 0 Å². The zero-order valence-corrected chi connectivity index (χ0v) is 8.15. The molecule has 6 heteroatoms. The molecule has 0 aromatic rings. The van der Waals surface area contributed by atoms with E-state index in [4.69, 9.17) is 34.8 Å². The van der Waals surface area contributed by atoms with Gasteiger partial charge in [0.05, 0.1) is 0 Å². The Morgan fingerprint density at radius 1 is 1.00 bits per heavy atom. The van der Waals surface area contributed by atoms with Crippen molar-refractivity contribution in [3.8, 4) is 0 Å². The maximum atomic E-state index is 4.96. The van der Waals surface area contributed by atoms with Crippen molar-refractivity contribution in [3.63, 3.8) is 0 Å². The number of hydrogen-bond donors (Lipinski definition) is 0. The molecule has 0 unspecified atom stereocenters. The molecule has 0 bridgehead atoms. The van der Waals surface area contributed by atoms with Crippen LogP contribution in [0.2, 0.25) is 0 Å². The van der Waals surface area contributed by atoms with E-state index in [9.17, 15) is 0 Å². The average molecular weight is 241 g/mol. The molecule has 0 aromatic carbocycles. The standard InChI is InChI=1S/C2HCl3.3ClH/c3-1-2(4)5;;;/h1H;3*1H. The lowest BCUT2D eigenvalue weighted by atomic mass is 11.2. The predicted octanol–water partition coefficient (Wildman–Crippen LogP) is 3.77. The molecule has 0 nitrogen and oxygen atoms in total. The molecule has 0 aromatic heterocycles. The van der Waals surface area contributed by atoms with Gasteiger partial charge in [-0.2, -0.15) is 0 Å². The second kappa shape index (κ2) is 15.8. The highest BCUT2D eigenvalue weighted by Gasteiger charge is 1.70. The first-order chi connectivity index (χ1) is 2.27. The zero-order chi connectivity index (χ0) is 4.28. The lowest BCUT2D eigenvalue weighted by Crippen LogP contribution is -1.33. The summed E-state index contributed by atoms with van der Waals surface area (Å²) in [7, 11) is 0. The maximum Gasteiger partial charge on any atom is 0.118 e. The molecule has 8 heavy (non-hydrogen) atoms. The Balaban J connectivity index is -0.0000000267. The first-order valence-corrected chi connectivity index (χ1v) is 2.08. The summed E-state index contributed by atoms with van der Waals surface area (Å²) >= 11 is 14.8. The van der Waals surface area contributed by atoms with Gasteiger partial charge in [-0.15, -0.1) is 37.2 Å². The van der Waals surface area contributed by atoms with Gasteiger partial charge >= 0.3 is 0 Å². The molecule has 0 aliphatic heterocycles. The SMILES string of the molecule is Cl.Cl.Cl.ClC=C(Cl)Cl. The van der Waals surface area contributed by atoms with Gasteiger partial charge in [-0.3, -0.25) is 0 Å². The van der Waals surface area contributed by atoms with E-state index in [2.05, 4.69) is 0 Å². The molecule has 0 amide bonds. The topological polar surface area (TPSA) is 0 Å². The van der Waals surface area contributed by atoms with Gasteiger partial charge in [0.25, 0.3) is 0 Å². The third kappa shape index (κ3) is 25.9. The molecule has 0 atom stereocenters. The summed E-state index contributed by atoms with van der Waals surface area (Å²) in [6.07, 6.45) is 0. The van der Waals surface area contributed by atoms with Crippen molar-refractivity contribution in [1.29, 1.82) is 0 Å². The highest BCUT2D eigenvalue weighted by atomic mass is 35.5. The van der Waals surface area contributed by atoms with Crippen molar-refractivity contribution < 1.29 is 0 Å². The lowest BCUT2D eigenvalue weighted by molar-refractivity contribution is 2.36. The molecule has 0 rings (SSSR count). The Bertz CT molecular complexity index is 44.5. The molecule has 0 heterocycles. The molecular formula is C2H4Cl6. The fourth-order valence-electron chi connectivity index (χ4n) is 0. The van der Waals surface area contributed by atoms with E-state index in [1.165, 1.54) is 0 Å². The first-order valence-electron chi connectivity index (χ1n) is 0.885. The van der Waals surface area contributed by atoms with Gasteiger partial charge in [0.2, 0.25) is 0 Å². The Morgan fingerprint density at radius 3 is 1.12 bits per heavy atom. The van der Waals surface area contributed by atoms with Crippen molar-refractivity contribution >= 4 is 72.0 Å². The van der Waals surface area contributed by atoms with Crippen LogP contribution in [0, 0.1) is 0 Å². The smallest absolute Gasteiger partial charge is 0.118 e. The molecule has 0 fully saturated rings. The molecule has 0 aliphatic carbocycles. The molecule has 0 saturated carbocycles. The van der Waals surface area contributed by atoms with Crippen LogP contribution in [0.4, 0.5) is 0 Å². The van der Waals surface area contributed by atoms with E-state index >= 15 is 0 Å². The molecule has 0 N–H and O–H groups in total. The summed E-state index contributed by atoms with van der Waals surface area (Å²) < 4.78 is 0.0895. The monoisotopic (exact) mass is 238 g/mol. The number of halogens is 6. The van der Waals surface area contributed by atoms with Crippen LogP contribution in [-0.2, 0) is 0 Å². The molecule has 0 aliphatic rings. The van der Waals surface area contributed by atoms with E-state index in [1.54, 1.807) is 0 Å². The summed E-state index contributed by atoms with van der Waals surface area (Å²) in [6, 6.07) is 0. The van der Waals surface area contributed by atoms with Gasteiger partial charge in [-0.1, -0.05) is 34.8 Å². The van der Waals surface area contributed by atoms with Gasteiger partial charge in [-0.25, -0.2) is 0 Å². The summed E-state index contributed by atoms with van der Waals surface area (Å²) in [5.41, 5.74) is 1.09. The summed E-state index contributed by atoms with van der Waals surface area (Å²) in [6.45, 7) is 0. The van der Waals surface area contributed by atoms with Crippen LogP contribution in [-0.4, -0.2) is 0 Å². The van der Waals surface area contributed by atoms with E-state index in [-0.39, 0.29) is 41.7 Å². The van der Waals surface area contributed by atoms with E-state index < -0.39 is 0 Å². The summed E-state index contributed by atoms with van der Waals surface area (Å²) in [5.74, 6) is 0. The summed E-state index contributed by atoms with van der Waals surface area (Å²) in [5, 5.41) is 0. The number of hydrogen-bond acceptors (Lipinski definition) is 0. The Morgan fingerprint density at radius 2 is 1.12 bits per heavy atom. The van der Waals surface area contributed by atoms with Gasteiger partial charge in [0.15, 0.2) is 0 Å². The normalized spacial score (nSPS) is 4.38. The van der Waals surface area contributed by atoms with Crippen LogP contribution in [0.1, 0.15) is 0 Å². The second-order valence-electron chi connectivity index (χ2n) is 0.399. The molecule has 54 valence electrons. The molecular weight excluding hydrogens is 237 g/mol. The second-order valence-corrected chi connectivity index (χ2v) is 1.62. The van der Waals surface area contributed by atoms with Crippen LogP contribution < -0.4 is 0 Å². The van der Waals surface area contributed by atoms with Crippen LogP contribution >= 0.6 is 72.0 Å². The van der Waals surface area contributed by atoms with Crippen LogP contribution in [0.5, 0.6) is 0 Å². The molecule has 0 spiro atoms. The quantitative estimate of drug-likeness (QED) is 0.605. The van der Waals surface area contributed by atoms with Gasteiger partial charge in [0, 0.05) is 5.54 Å². The highest BCUT2D eigenvalue weighted by Crippen LogP contribution is 2.05. The molecule has 0 saturated heterocycles. The summed E-state index contributed by atoms with van der Waals surface area (Å²) in [4.78, 5) is 0. The van der Waals surface area contributed by atoms with Crippen molar-refractivity contribution in [2.45, 2.75) is 0 Å². The fraction of sp³-hybridized carbons (Fsp3) is 0. The van der Waals surface area contributed by atoms with Gasteiger partial charge in [-0.05, 0) is 0 Å². The fourth-order valence-corrected chi connectivity index (χ4v) is 0. The van der Waals surface area contributed by atoms with Gasteiger partial charge < -0.3 is 0 Å². The van der Waals surface area contributed by atoms with E-state index in [0.717, 1.165) is 5.54 Å². The Labute approximate surface area is 81.8 Å². The zero-order valence-electron chi connectivity index (χ0n) is 3.44. The third-order valence-corrected chi connectivity index (χ3v) is 0.742. The minimum absolute atomic E-state index is 0. The minimum Gasteiger partial charge on any atom is -0.147 e. The Hall–Kier alpha value is 1.48. The highest BCUT2D eigenvalue weighted by molar-refractivity contribution is 6.58. The van der Waals surface area contributed by atoms with Crippen molar-refractivity contribution in [2.24, 2.45) is 0 Å². The van der Waals surface area contributed by atoms with Crippen molar-refractivity contribution in [2.75, 3.05) is 0 Å². The maximum absolute atomic E-state index is 4.96. The van der Waals surface area contributed by atoms with Crippen LogP contribution in [0.25, 0.3) is 0 Å². The number of rotatable bonds is 0. The van der Waals surface area contributed by atoms with Crippen molar-refractivity contribution in [3.05, 3.63) is 10.0 Å². The largest absolute Gasteiger partial charge is 0.147 e. The minimum atomic E-state index is 0. The molecule has 0 radical (unpaired) electrons. The Kier molecular flexibility index (Phi) is 44.8. The van der Waals surface area contributed by atoms with Crippen LogP contribution in [0.3, 0.4) is 0 Å². The third-order valence-electron chi connectivity index (χ3n) is 0.0825. The van der Waals surface area contributed by atoms with Gasteiger partial charge in [0.1, 0.15) is 4.49 Å². The van der Waals surface area contributed by atoms with Crippen molar-refractivity contribution in [1.82, 2.24) is 0 Å².